The van der Waals surface area contributed by atoms with Gasteiger partial charge in [-0.15, -0.1) is 0 Å². The Morgan fingerprint density at radius 1 is 0.933 bits per heavy atom. The smallest absolute Gasteiger partial charge is 0.260 e. The summed E-state index contributed by atoms with van der Waals surface area (Å²) in [5, 5.41) is 12.6. The van der Waals surface area contributed by atoms with Crippen molar-refractivity contribution in [3.8, 4) is 22.6 Å². The van der Waals surface area contributed by atoms with Crippen LogP contribution < -0.4 is 14.8 Å². The first kappa shape index (κ1) is 21.3. The molecule has 5 nitrogen and oxygen atoms in total. The highest BCUT2D eigenvalue weighted by Gasteiger charge is 2.16. The zero-order valence-electron chi connectivity index (χ0n) is 16.6. The van der Waals surface area contributed by atoms with Crippen LogP contribution in [0.2, 0.25) is 0 Å². The maximum Gasteiger partial charge on any atom is 0.260 e. The zero-order valence-corrected chi connectivity index (χ0v) is 16.6. The molecule has 0 bridgehead atoms. The molecule has 3 aromatic carbocycles. The van der Waals surface area contributed by atoms with Crippen LogP contribution in [-0.2, 0) is 4.79 Å². The molecule has 0 aliphatic rings. The Labute approximate surface area is 175 Å². The second-order valence-corrected chi connectivity index (χ2v) is 6.81. The lowest BCUT2D eigenvalue weighted by molar-refractivity contribution is -0.127. The number of rotatable bonds is 9. The number of halogens is 1. The van der Waals surface area contributed by atoms with E-state index in [1.807, 2.05) is 54.6 Å². The maximum absolute atomic E-state index is 12.9. The SMILES string of the molecule is C[C@H](Oc1ccc(-c2ccccc2)cc1)C(=O)NC[C@@H](O)COc1ccc(F)cc1. The molecule has 2 atom stereocenters. The van der Waals surface area contributed by atoms with E-state index in [-0.39, 0.29) is 24.9 Å². The maximum atomic E-state index is 12.9. The predicted octanol–water partition coefficient (Wildman–Crippen LogP) is 3.82. The topological polar surface area (TPSA) is 67.8 Å². The second-order valence-electron chi connectivity index (χ2n) is 6.81. The molecule has 0 aliphatic carbocycles. The van der Waals surface area contributed by atoms with Crippen LogP contribution in [0.15, 0.2) is 78.9 Å². The summed E-state index contributed by atoms with van der Waals surface area (Å²) in [5.41, 5.74) is 2.16. The van der Waals surface area contributed by atoms with E-state index in [0.717, 1.165) is 11.1 Å². The van der Waals surface area contributed by atoms with Gasteiger partial charge in [0, 0.05) is 6.54 Å². The lowest BCUT2D eigenvalue weighted by Crippen LogP contribution is -2.41. The number of nitrogens with one attached hydrogen (secondary N) is 1. The highest BCUT2D eigenvalue weighted by molar-refractivity contribution is 5.80. The van der Waals surface area contributed by atoms with E-state index in [4.69, 9.17) is 9.47 Å². The van der Waals surface area contributed by atoms with Crippen LogP contribution in [0.5, 0.6) is 11.5 Å². The number of hydrogen-bond donors (Lipinski definition) is 2. The van der Waals surface area contributed by atoms with Crippen LogP contribution in [0, 0.1) is 5.82 Å². The lowest BCUT2D eigenvalue weighted by Gasteiger charge is -2.17. The van der Waals surface area contributed by atoms with E-state index in [1.165, 1.54) is 24.3 Å². The Kier molecular flexibility index (Phi) is 7.40. The summed E-state index contributed by atoms with van der Waals surface area (Å²) in [7, 11) is 0. The van der Waals surface area contributed by atoms with Crippen LogP contribution in [0.1, 0.15) is 6.92 Å². The molecule has 1 amide bonds. The van der Waals surface area contributed by atoms with Gasteiger partial charge in [-0.2, -0.15) is 0 Å². The summed E-state index contributed by atoms with van der Waals surface area (Å²) in [6, 6.07) is 23.0. The summed E-state index contributed by atoms with van der Waals surface area (Å²) in [4.78, 5) is 12.2. The summed E-state index contributed by atoms with van der Waals surface area (Å²) >= 11 is 0. The van der Waals surface area contributed by atoms with E-state index in [2.05, 4.69) is 5.32 Å². The fourth-order valence-corrected chi connectivity index (χ4v) is 2.76. The van der Waals surface area contributed by atoms with Crippen molar-refractivity contribution >= 4 is 5.91 Å². The molecule has 0 saturated carbocycles. The van der Waals surface area contributed by atoms with Crippen molar-refractivity contribution in [1.82, 2.24) is 5.32 Å². The summed E-state index contributed by atoms with van der Waals surface area (Å²) in [6.07, 6.45) is -1.63. The van der Waals surface area contributed by atoms with Crippen molar-refractivity contribution in [2.24, 2.45) is 0 Å². The van der Waals surface area contributed by atoms with Gasteiger partial charge in [0.15, 0.2) is 6.10 Å². The normalized spacial score (nSPS) is 12.6. The fraction of sp³-hybridized carbons (Fsp3) is 0.208. The van der Waals surface area contributed by atoms with Crippen molar-refractivity contribution in [3.05, 3.63) is 84.7 Å². The minimum atomic E-state index is -0.906. The van der Waals surface area contributed by atoms with Crippen molar-refractivity contribution < 1.29 is 23.8 Å². The molecule has 3 rings (SSSR count). The largest absolute Gasteiger partial charge is 0.491 e. The van der Waals surface area contributed by atoms with Gasteiger partial charge in [-0.25, -0.2) is 4.39 Å². The van der Waals surface area contributed by atoms with Crippen molar-refractivity contribution in [2.45, 2.75) is 19.1 Å². The van der Waals surface area contributed by atoms with E-state index in [9.17, 15) is 14.3 Å². The molecular formula is C24H24FNO4. The van der Waals surface area contributed by atoms with Crippen LogP contribution in [0.3, 0.4) is 0 Å². The highest BCUT2D eigenvalue weighted by atomic mass is 19.1. The Morgan fingerprint density at radius 2 is 1.53 bits per heavy atom. The van der Waals surface area contributed by atoms with Gasteiger partial charge >= 0.3 is 0 Å². The molecule has 0 radical (unpaired) electrons. The molecular weight excluding hydrogens is 385 g/mol. The average molecular weight is 409 g/mol. The third-order valence-electron chi connectivity index (χ3n) is 4.41. The van der Waals surface area contributed by atoms with E-state index >= 15 is 0 Å². The third kappa shape index (κ3) is 6.32. The first-order chi connectivity index (χ1) is 14.5. The Bertz CT molecular complexity index is 930. The van der Waals surface area contributed by atoms with Crippen LogP contribution in [-0.4, -0.2) is 36.4 Å². The van der Waals surface area contributed by atoms with Gasteiger partial charge in [0.1, 0.15) is 30.0 Å². The summed E-state index contributed by atoms with van der Waals surface area (Å²) in [6.45, 7) is 1.63. The van der Waals surface area contributed by atoms with Gasteiger partial charge in [-0.3, -0.25) is 4.79 Å². The summed E-state index contributed by atoms with van der Waals surface area (Å²) in [5.74, 6) is 0.316. The Hall–Kier alpha value is -3.38. The molecule has 0 saturated heterocycles. The first-order valence-electron chi connectivity index (χ1n) is 9.67. The molecule has 0 unspecified atom stereocenters. The molecule has 0 spiro atoms. The molecule has 0 aromatic heterocycles. The predicted molar refractivity (Wildman–Crippen MR) is 113 cm³/mol. The number of hydrogen-bond acceptors (Lipinski definition) is 4. The van der Waals surface area contributed by atoms with Crippen LogP contribution in [0.4, 0.5) is 4.39 Å². The van der Waals surface area contributed by atoms with Gasteiger partial charge in [0.05, 0.1) is 0 Å². The fourth-order valence-electron chi connectivity index (χ4n) is 2.76. The first-order valence-corrected chi connectivity index (χ1v) is 9.67. The van der Waals surface area contributed by atoms with E-state index < -0.39 is 12.2 Å². The second kappa shape index (κ2) is 10.4. The molecule has 2 N–H and O–H groups in total. The van der Waals surface area contributed by atoms with Gasteiger partial charge in [0.2, 0.25) is 0 Å². The highest BCUT2D eigenvalue weighted by Crippen LogP contribution is 2.22. The summed E-state index contributed by atoms with van der Waals surface area (Å²) < 4.78 is 23.9. The number of carbonyl (C=O) groups is 1. The Balaban J connectivity index is 1.42. The third-order valence-corrected chi connectivity index (χ3v) is 4.41. The quantitative estimate of drug-likeness (QED) is 0.564. The number of benzene rings is 3. The van der Waals surface area contributed by atoms with Gasteiger partial charge < -0.3 is 19.9 Å². The van der Waals surface area contributed by atoms with Gasteiger partial charge in [-0.1, -0.05) is 42.5 Å². The molecule has 30 heavy (non-hydrogen) atoms. The molecule has 0 aliphatic heterocycles. The van der Waals surface area contributed by atoms with Crippen molar-refractivity contribution in [2.75, 3.05) is 13.2 Å². The number of aliphatic hydroxyl groups excluding tert-OH is 1. The standard InChI is InChI=1S/C24H24FNO4/c1-17(30-23-11-7-19(8-12-23)18-5-3-2-4-6-18)24(28)26-15-21(27)16-29-22-13-9-20(25)10-14-22/h2-14,17,21,27H,15-16H2,1H3,(H,26,28)/t17-,21+/m0/s1. The lowest BCUT2D eigenvalue weighted by atomic mass is 10.1. The van der Waals surface area contributed by atoms with Crippen LogP contribution in [0.25, 0.3) is 11.1 Å². The number of amides is 1. The van der Waals surface area contributed by atoms with Gasteiger partial charge in [0.25, 0.3) is 5.91 Å². The monoisotopic (exact) mass is 409 g/mol. The molecule has 6 heteroatoms. The molecule has 156 valence electrons. The van der Waals surface area contributed by atoms with Crippen LogP contribution >= 0.6 is 0 Å². The zero-order chi connectivity index (χ0) is 21.3. The minimum Gasteiger partial charge on any atom is -0.491 e. The number of ether oxygens (including phenoxy) is 2. The van der Waals surface area contributed by atoms with Gasteiger partial charge in [-0.05, 0) is 54.4 Å². The van der Waals surface area contributed by atoms with Crippen molar-refractivity contribution in [1.29, 1.82) is 0 Å². The van der Waals surface area contributed by atoms with E-state index in [1.54, 1.807) is 6.92 Å². The molecule has 3 aromatic rings. The van der Waals surface area contributed by atoms with Crippen molar-refractivity contribution in [3.63, 3.8) is 0 Å². The molecule has 0 fully saturated rings. The van der Waals surface area contributed by atoms with E-state index in [0.29, 0.717) is 11.5 Å². The minimum absolute atomic E-state index is 0.0146. The molecule has 0 heterocycles. The number of carbonyl (C=O) groups excluding carboxylic acids is 1. The Morgan fingerprint density at radius 3 is 2.20 bits per heavy atom. The number of aliphatic hydroxyl groups is 1. The average Bonchev–Trinajstić information content (AvgIpc) is 2.78.